The van der Waals surface area contributed by atoms with E-state index in [4.69, 9.17) is 0 Å². The van der Waals surface area contributed by atoms with E-state index in [1.54, 1.807) is 11.9 Å². The molecule has 0 aromatic heterocycles. The molecular weight excluding hydrogens is 366 g/mol. The molecule has 4 amide bonds. The van der Waals surface area contributed by atoms with Crippen molar-refractivity contribution in [2.45, 2.75) is 31.7 Å². The molecule has 0 saturated carbocycles. The number of hydrogen-bond acceptors (Lipinski definition) is 3. The van der Waals surface area contributed by atoms with Crippen LogP contribution in [0.25, 0.3) is 0 Å². The number of carbonyl (C=O) groups excluding carboxylic acids is 3. The van der Waals surface area contributed by atoms with Gasteiger partial charge in [-0.2, -0.15) is 0 Å². The number of carbonyl (C=O) groups is 3. The normalized spacial score (nSPS) is 18.6. The van der Waals surface area contributed by atoms with Gasteiger partial charge in [-0.15, -0.1) is 0 Å². The van der Waals surface area contributed by atoms with E-state index >= 15 is 0 Å². The van der Waals surface area contributed by atoms with E-state index in [1.807, 2.05) is 67.6 Å². The molecule has 152 valence electrons. The van der Waals surface area contributed by atoms with Gasteiger partial charge in [0.2, 0.25) is 5.91 Å². The summed E-state index contributed by atoms with van der Waals surface area (Å²) in [5.74, 6) is -0.639. The van der Waals surface area contributed by atoms with Crippen molar-refractivity contribution in [1.82, 2.24) is 15.1 Å². The molecule has 1 aliphatic heterocycles. The number of imide groups is 1. The Morgan fingerprint density at radius 1 is 1.03 bits per heavy atom. The highest BCUT2D eigenvalue weighted by Gasteiger charge is 2.52. The monoisotopic (exact) mass is 393 g/mol. The van der Waals surface area contributed by atoms with E-state index in [1.165, 1.54) is 0 Å². The van der Waals surface area contributed by atoms with E-state index in [9.17, 15) is 14.4 Å². The molecule has 0 aliphatic carbocycles. The molecule has 1 atom stereocenters. The van der Waals surface area contributed by atoms with Crippen LogP contribution in [0.15, 0.2) is 60.7 Å². The number of hydrogen-bond donors (Lipinski definition) is 1. The van der Waals surface area contributed by atoms with E-state index in [0.717, 1.165) is 23.3 Å². The van der Waals surface area contributed by atoms with Gasteiger partial charge in [-0.05, 0) is 17.5 Å². The minimum Gasteiger partial charge on any atom is -0.344 e. The van der Waals surface area contributed by atoms with Crippen molar-refractivity contribution in [2.24, 2.45) is 0 Å². The molecular formula is C23H27N3O3. The predicted molar refractivity (Wildman–Crippen MR) is 111 cm³/mol. The molecule has 2 aromatic rings. The molecule has 1 aliphatic rings. The van der Waals surface area contributed by atoms with Crippen molar-refractivity contribution in [1.29, 1.82) is 0 Å². The number of benzene rings is 2. The molecule has 6 nitrogen and oxygen atoms in total. The van der Waals surface area contributed by atoms with Crippen molar-refractivity contribution >= 4 is 17.8 Å². The summed E-state index contributed by atoms with van der Waals surface area (Å²) in [5, 5.41) is 2.89. The van der Waals surface area contributed by atoms with Crippen LogP contribution in [0, 0.1) is 0 Å². The average Bonchev–Trinajstić information content (AvgIpc) is 2.98. The topological polar surface area (TPSA) is 69.7 Å². The third-order valence-corrected chi connectivity index (χ3v) is 5.32. The first kappa shape index (κ1) is 20.6. The average molecular weight is 393 g/mol. The molecule has 0 unspecified atom stereocenters. The molecule has 0 spiro atoms. The first-order chi connectivity index (χ1) is 14.0. The SMILES string of the molecule is CCCCN(C)C(=O)CN1C(=O)N[C@@](Cc2ccccc2)(c2ccccc2)C1=O. The zero-order valence-electron chi connectivity index (χ0n) is 16.9. The summed E-state index contributed by atoms with van der Waals surface area (Å²) in [5.41, 5.74) is 0.414. The lowest BCUT2D eigenvalue weighted by atomic mass is 9.83. The minimum absolute atomic E-state index is 0.245. The van der Waals surface area contributed by atoms with Crippen LogP contribution in [0.4, 0.5) is 4.79 Å². The van der Waals surface area contributed by atoms with Gasteiger partial charge in [-0.25, -0.2) is 4.79 Å². The summed E-state index contributed by atoms with van der Waals surface area (Å²) >= 11 is 0. The van der Waals surface area contributed by atoms with Gasteiger partial charge in [0.15, 0.2) is 5.54 Å². The zero-order valence-corrected chi connectivity index (χ0v) is 16.9. The van der Waals surface area contributed by atoms with Gasteiger partial charge in [0, 0.05) is 20.0 Å². The van der Waals surface area contributed by atoms with Crippen LogP contribution < -0.4 is 5.32 Å². The van der Waals surface area contributed by atoms with Crippen LogP contribution in [0.5, 0.6) is 0 Å². The Hall–Kier alpha value is -3.15. The summed E-state index contributed by atoms with van der Waals surface area (Å²) in [7, 11) is 1.70. The van der Waals surface area contributed by atoms with Gasteiger partial charge < -0.3 is 10.2 Å². The molecule has 3 rings (SSSR count). The first-order valence-corrected chi connectivity index (χ1v) is 9.95. The van der Waals surface area contributed by atoms with E-state index < -0.39 is 17.5 Å². The second-order valence-corrected chi connectivity index (χ2v) is 7.42. The molecule has 0 radical (unpaired) electrons. The number of urea groups is 1. The highest BCUT2D eigenvalue weighted by atomic mass is 16.2. The highest BCUT2D eigenvalue weighted by molar-refractivity contribution is 6.09. The van der Waals surface area contributed by atoms with Crippen LogP contribution in [0.3, 0.4) is 0 Å². The maximum absolute atomic E-state index is 13.5. The van der Waals surface area contributed by atoms with Gasteiger partial charge in [0.05, 0.1) is 0 Å². The lowest BCUT2D eigenvalue weighted by Crippen LogP contribution is -2.47. The van der Waals surface area contributed by atoms with Gasteiger partial charge in [-0.3, -0.25) is 14.5 Å². The molecule has 0 bridgehead atoms. The molecule has 1 saturated heterocycles. The predicted octanol–water partition coefficient (Wildman–Crippen LogP) is 2.93. The summed E-state index contributed by atoms with van der Waals surface area (Å²) < 4.78 is 0. The lowest BCUT2D eigenvalue weighted by Gasteiger charge is -2.28. The van der Waals surface area contributed by atoms with Gasteiger partial charge in [0.1, 0.15) is 6.54 Å². The molecule has 6 heteroatoms. The van der Waals surface area contributed by atoms with E-state index in [-0.39, 0.29) is 12.5 Å². The Bertz CT molecular complexity index is 869. The summed E-state index contributed by atoms with van der Waals surface area (Å²) in [6.07, 6.45) is 2.16. The number of amides is 4. The maximum atomic E-state index is 13.5. The summed E-state index contributed by atoms with van der Waals surface area (Å²) in [4.78, 5) is 41.4. The molecule has 2 aromatic carbocycles. The van der Waals surface area contributed by atoms with Crippen LogP contribution in [-0.4, -0.2) is 47.8 Å². The zero-order chi connectivity index (χ0) is 20.9. The van der Waals surface area contributed by atoms with Crippen molar-refractivity contribution < 1.29 is 14.4 Å². The highest BCUT2D eigenvalue weighted by Crippen LogP contribution is 2.33. The van der Waals surface area contributed by atoms with Crippen LogP contribution in [0.2, 0.25) is 0 Å². The Kier molecular flexibility index (Phi) is 6.32. The van der Waals surface area contributed by atoms with Crippen LogP contribution in [0.1, 0.15) is 30.9 Å². The van der Waals surface area contributed by atoms with Crippen molar-refractivity contribution in [3.05, 3.63) is 71.8 Å². The Morgan fingerprint density at radius 2 is 1.66 bits per heavy atom. The number of rotatable bonds is 8. The fourth-order valence-electron chi connectivity index (χ4n) is 3.59. The molecule has 1 fully saturated rings. The first-order valence-electron chi connectivity index (χ1n) is 9.95. The van der Waals surface area contributed by atoms with Crippen molar-refractivity contribution in [3.8, 4) is 0 Å². The molecule has 1 N–H and O–H groups in total. The Morgan fingerprint density at radius 3 is 2.28 bits per heavy atom. The third-order valence-electron chi connectivity index (χ3n) is 5.32. The van der Waals surface area contributed by atoms with Crippen LogP contribution >= 0.6 is 0 Å². The number of nitrogens with zero attached hydrogens (tertiary/aromatic N) is 2. The number of nitrogens with one attached hydrogen (secondary N) is 1. The van der Waals surface area contributed by atoms with Crippen LogP contribution in [-0.2, 0) is 21.5 Å². The largest absolute Gasteiger partial charge is 0.344 e. The van der Waals surface area contributed by atoms with Gasteiger partial charge in [0.25, 0.3) is 5.91 Å². The van der Waals surface area contributed by atoms with Gasteiger partial charge in [-0.1, -0.05) is 74.0 Å². The molecule has 29 heavy (non-hydrogen) atoms. The third kappa shape index (κ3) is 4.31. The summed E-state index contributed by atoms with van der Waals surface area (Å²) in [6, 6.07) is 18.2. The fourth-order valence-corrected chi connectivity index (χ4v) is 3.59. The van der Waals surface area contributed by atoms with E-state index in [0.29, 0.717) is 18.5 Å². The summed E-state index contributed by atoms with van der Waals surface area (Å²) in [6.45, 7) is 2.40. The lowest BCUT2D eigenvalue weighted by molar-refractivity contribution is -0.138. The van der Waals surface area contributed by atoms with Crippen molar-refractivity contribution in [2.75, 3.05) is 20.1 Å². The maximum Gasteiger partial charge on any atom is 0.325 e. The second-order valence-electron chi connectivity index (χ2n) is 7.42. The van der Waals surface area contributed by atoms with E-state index in [2.05, 4.69) is 5.32 Å². The Labute approximate surface area is 171 Å². The number of likely N-dealkylation sites (N-methyl/N-ethyl adjacent to an activating group) is 1. The van der Waals surface area contributed by atoms with Gasteiger partial charge >= 0.3 is 6.03 Å². The molecule has 1 heterocycles. The fraction of sp³-hybridized carbons (Fsp3) is 0.348. The van der Waals surface area contributed by atoms with Crippen molar-refractivity contribution in [3.63, 3.8) is 0 Å². The standard InChI is InChI=1S/C23H27N3O3/c1-3-4-15-25(2)20(27)17-26-21(28)23(24-22(26)29,19-13-9-6-10-14-19)16-18-11-7-5-8-12-18/h5-14H,3-4,15-17H2,1-2H3,(H,24,29)/t23-/m0/s1. The Balaban J connectivity index is 1.89. The minimum atomic E-state index is -1.22. The quantitative estimate of drug-likeness (QED) is 0.701. The smallest absolute Gasteiger partial charge is 0.325 e. The second kappa shape index (κ2) is 8.90. The number of unbranched alkanes of at least 4 members (excludes halogenated alkanes) is 1.